The molecule has 1 aromatic carbocycles. The number of anilines is 1. The fourth-order valence-electron chi connectivity index (χ4n) is 1.91. The lowest BCUT2D eigenvalue weighted by Crippen LogP contribution is -2.13. The monoisotopic (exact) mass is 319 g/mol. The first-order valence-corrected chi connectivity index (χ1v) is 7.91. The van der Waals surface area contributed by atoms with Crippen LogP contribution in [-0.4, -0.2) is 18.6 Å². The third-order valence-electron chi connectivity index (χ3n) is 2.95. The Hall–Kier alpha value is -2.61. The maximum atomic E-state index is 12.2. The van der Waals surface area contributed by atoms with E-state index < -0.39 is 10.0 Å². The van der Waals surface area contributed by atoms with Gasteiger partial charge in [-0.2, -0.15) is 0 Å². The molecular weight excluding hydrogens is 306 g/mol. The molecular formula is C14H13N3O4S. The van der Waals surface area contributed by atoms with Gasteiger partial charge >= 0.3 is 0 Å². The van der Waals surface area contributed by atoms with Gasteiger partial charge in [0.1, 0.15) is 17.7 Å². The molecule has 3 aromatic rings. The normalized spacial score (nSPS) is 11.5. The first-order chi connectivity index (χ1) is 10.4. The summed E-state index contributed by atoms with van der Waals surface area (Å²) >= 11 is 0. The van der Waals surface area contributed by atoms with Gasteiger partial charge in [-0.25, -0.2) is 13.4 Å². The van der Waals surface area contributed by atoms with Crippen molar-refractivity contribution in [2.45, 2.75) is 18.7 Å². The number of nitrogens with zero attached hydrogens (tertiary/aromatic N) is 2. The summed E-state index contributed by atoms with van der Waals surface area (Å²) in [5.41, 5.74) is 1.43. The highest BCUT2D eigenvalue weighted by Gasteiger charge is 2.16. The van der Waals surface area contributed by atoms with Crippen molar-refractivity contribution in [2.75, 3.05) is 4.72 Å². The molecule has 0 fully saturated rings. The van der Waals surface area contributed by atoms with Gasteiger partial charge in [-0.05, 0) is 19.1 Å². The first kappa shape index (κ1) is 14.3. The van der Waals surface area contributed by atoms with Crippen LogP contribution in [0.25, 0.3) is 11.3 Å². The Morgan fingerprint density at radius 2 is 1.86 bits per heavy atom. The Morgan fingerprint density at radius 3 is 2.41 bits per heavy atom. The number of sulfonamides is 1. The third-order valence-corrected chi connectivity index (χ3v) is 4.32. The van der Waals surface area contributed by atoms with E-state index in [4.69, 9.17) is 8.94 Å². The van der Waals surface area contributed by atoms with Crippen LogP contribution in [0.15, 0.2) is 50.4 Å². The minimum absolute atomic E-state index is 0.122. The molecule has 0 unspecified atom stereocenters. The fourth-order valence-corrected chi connectivity index (χ4v) is 2.90. The molecule has 0 amide bonds. The second kappa shape index (κ2) is 5.30. The SMILES string of the molecule is Cc1cc(NS(=O)(=O)c2ccc(-c3coc(C)n3)cc2)no1. The number of nitrogens with one attached hydrogen (secondary N) is 1. The Kier molecular flexibility index (Phi) is 3.45. The molecule has 0 radical (unpaired) electrons. The summed E-state index contributed by atoms with van der Waals surface area (Å²) in [6.07, 6.45) is 1.52. The largest absolute Gasteiger partial charge is 0.449 e. The zero-order valence-electron chi connectivity index (χ0n) is 11.9. The smallest absolute Gasteiger partial charge is 0.263 e. The minimum atomic E-state index is -3.71. The molecule has 2 aromatic heterocycles. The number of oxazole rings is 1. The van der Waals surface area contributed by atoms with Gasteiger partial charge in [0.05, 0.1) is 4.90 Å². The molecule has 7 nitrogen and oxygen atoms in total. The lowest BCUT2D eigenvalue weighted by molar-refractivity contribution is 0.400. The van der Waals surface area contributed by atoms with Crippen molar-refractivity contribution >= 4 is 15.8 Å². The van der Waals surface area contributed by atoms with Gasteiger partial charge < -0.3 is 8.94 Å². The fraction of sp³-hybridized carbons (Fsp3) is 0.143. The van der Waals surface area contributed by atoms with E-state index >= 15 is 0 Å². The van der Waals surface area contributed by atoms with E-state index in [1.54, 1.807) is 26.0 Å². The van der Waals surface area contributed by atoms with Gasteiger partial charge in [-0.3, -0.25) is 4.72 Å². The molecule has 3 rings (SSSR count). The minimum Gasteiger partial charge on any atom is -0.449 e. The van der Waals surface area contributed by atoms with Gasteiger partial charge in [0, 0.05) is 18.6 Å². The molecule has 1 N–H and O–H groups in total. The van der Waals surface area contributed by atoms with E-state index in [1.165, 1.54) is 24.5 Å². The highest BCUT2D eigenvalue weighted by molar-refractivity contribution is 7.92. The maximum Gasteiger partial charge on any atom is 0.263 e. The molecule has 0 saturated heterocycles. The predicted octanol–water partition coefficient (Wildman–Crippen LogP) is 2.75. The molecule has 0 spiro atoms. The Balaban J connectivity index is 1.85. The second-order valence-corrected chi connectivity index (χ2v) is 6.39. The van der Waals surface area contributed by atoms with Gasteiger partial charge in [-0.15, -0.1) is 0 Å². The van der Waals surface area contributed by atoms with Gasteiger partial charge in [0.2, 0.25) is 0 Å². The molecule has 0 aliphatic heterocycles. The molecule has 0 aliphatic rings. The zero-order valence-corrected chi connectivity index (χ0v) is 12.7. The summed E-state index contributed by atoms with van der Waals surface area (Å²) in [7, 11) is -3.71. The number of hydrogen-bond acceptors (Lipinski definition) is 6. The first-order valence-electron chi connectivity index (χ1n) is 6.43. The Morgan fingerprint density at radius 1 is 1.14 bits per heavy atom. The van der Waals surface area contributed by atoms with Crippen LogP contribution < -0.4 is 4.72 Å². The van der Waals surface area contributed by atoms with Crippen molar-refractivity contribution in [1.29, 1.82) is 0 Å². The highest BCUT2D eigenvalue weighted by atomic mass is 32.2. The van der Waals surface area contributed by atoms with Crippen molar-refractivity contribution in [3.05, 3.63) is 48.2 Å². The topological polar surface area (TPSA) is 98.2 Å². The van der Waals surface area contributed by atoms with Crippen LogP contribution >= 0.6 is 0 Å². The number of hydrogen-bond donors (Lipinski definition) is 1. The van der Waals surface area contributed by atoms with Gasteiger partial charge in [0.15, 0.2) is 11.7 Å². The van der Waals surface area contributed by atoms with Crippen molar-refractivity contribution in [1.82, 2.24) is 10.1 Å². The number of aryl methyl sites for hydroxylation is 2. The van der Waals surface area contributed by atoms with Gasteiger partial charge in [-0.1, -0.05) is 17.3 Å². The Labute approximate surface area is 127 Å². The van der Waals surface area contributed by atoms with Crippen molar-refractivity contribution in [2.24, 2.45) is 0 Å². The van der Waals surface area contributed by atoms with Crippen LogP contribution in [-0.2, 0) is 10.0 Å². The number of benzene rings is 1. The van der Waals surface area contributed by atoms with E-state index in [2.05, 4.69) is 14.9 Å². The zero-order chi connectivity index (χ0) is 15.7. The molecule has 0 bridgehead atoms. The van der Waals surface area contributed by atoms with Crippen LogP contribution in [0, 0.1) is 13.8 Å². The summed E-state index contributed by atoms with van der Waals surface area (Å²) in [6.45, 7) is 3.42. The molecule has 0 aliphatic carbocycles. The average molecular weight is 319 g/mol. The van der Waals surface area contributed by atoms with Crippen molar-refractivity contribution in [3.63, 3.8) is 0 Å². The standard InChI is InChI=1S/C14H13N3O4S/c1-9-7-14(16-21-9)17-22(18,19)12-5-3-11(4-6-12)13-8-20-10(2)15-13/h3-8H,1-2H3,(H,16,17). The summed E-state index contributed by atoms with van der Waals surface area (Å²) in [5.74, 6) is 1.22. The van der Waals surface area contributed by atoms with E-state index in [0.29, 0.717) is 17.3 Å². The number of rotatable bonds is 4. The highest BCUT2D eigenvalue weighted by Crippen LogP contribution is 2.22. The van der Waals surface area contributed by atoms with E-state index in [0.717, 1.165) is 5.56 Å². The average Bonchev–Trinajstić information content (AvgIpc) is 3.07. The Bertz CT molecular complexity index is 894. The predicted molar refractivity (Wildman–Crippen MR) is 78.7 cm³/mol. The van der Waals surface area contributed by atoms with E-state index in [-0.39, 0.29) is 10.7 Å². The second-order valence-electron chi connectivity index (χ2n) is 4.70. The summed E-state index contributed by atoms with van der Waals surface area (Å²) in [4.78, 5) is 4.31. The van der Waals surface area contributed by atoms with Crippen molar-refractivity contribution < 1.29 is 17.4 Å². The molecule has 2 heterocycles. The lowest BCUT2D eigenvalue weighted by Gasteiger charge is -2.05. The molecule has 8 heteroatoms. The van der Waals surface area contributed by atoms with E-state index in [1.807, 2.05) is 0 Å². The van der Waals surface area contributed by atoms with Crippen LogP contribution in [0.3, 0.4) is 0 Å². The van der Waals surface area contributed by atoms with Crippen LogP contribution in [0.1, 0.15) is 11.7 Å². The summed E-state index contributed by atoms with van der Waals surface area (Å²) < 4.78 is 36.8. The molecule has 114 valence electrons. The quantitative estimate of drug-likeness (QED) is 0.794. The van der Waals surface area contributed by atoms with Crippen LogP contribution in [0.2, 0.25) is 0 Å². The van der Waals surface area contributed by atoms with Crippen molar-refractivity contribution in [3.8, 4) is 11.3 Å². The summed E-state index contributed by atoms with van der Waals surface area (Å²) in [6, 6.07) is 7.83. The maximum absolute atomic E-state index is 12.2. The number of aromatic nitrogens is 2. The molecule has 0 saturated carbocycles. The van der Waals surface area contributed by atoms with E-state index in [9.17, 15) is 8.42 Å². The molecule has 0 atom stereocenters. The van der Waals surface area contributed by atoms with Crippen LogP contribution in [0.4, 0.5) is 5.82 Å². The third kappa shape index (κ3) is 2.86. The summed E-state index contributed by atoms with van der Waals surface area (Å²) in [5, 5.41) is 3.61. The van der Waals surface area contributed by atoms with Crippen LogP contribution in [0.5, 0.6) is 0 Å². The molecule has 22 heavy (non-hydrogen) atoms. The lowest BCUT2D eigenvalue weighted by atomic mass is 10.2. The van der Waals surface area contributed by atoms with Gasteiger partial charge in [0.25, 0.3) is 10.0 Å².